The van der Waals surface area contributed by atoms with Crippen LogP contribution < -0.4 is 0 Å². The second kappa shape index (κ2) is 5.65. The van der Waals surface area contributed by atoms with Gasteiger partial charge in [-0.05, 0) is 56.7 Å². The van der Waals surface area contributed by atoms with Gasteiger partial charge in [-0.3, -0.25) is 14.7 Å². The standard InChI is InChI=1S/C18H25N3O/c22-17-18(7-3-10-21(17)12-15-5-6-15)8-11-20(14-18)13-16-4-1-2-9-19-16/h1-2,4,9,15H,3,5-8,10-14H2. The van der Waals surface area contributed by atoms with Gasteiger partial charge in [0.15, 0.2) is 0 Å². The monoisotopic (exact) mass is 299 g/mol. The molecule has 3 fully saturated rings. The Hall–Kier alpha value is -1.42. The van der Waals surface area contributed by atoms with Gasteiger partial charge in [0.25, 0.3) is 0 Å². The average molecular weight is 299 g/mol. The number of amides is 1. The summed E-state index contributed by atoms with van der Waals surface area (Å²) in [6.45, 7) is 4.82. The highest BCUT2D eigenvalue weighted by Gasteiger charge is 2.48. The predicted molar refractivity (Wildman–Crippen MR) is 85.1 cm³/mol. The molecule has 1 amide bonds. The van der Waals surface area contributed by atoms with Gasteiger partial charge in [0, 0.05) is 32.4 Å². The summed E-state index contributed by atoms with van der Waals surface area (Å²) in [7, 11) is 0. The zero-order chi connectivity index (χ0) is 15.0. The number of carbonyl (C=O) groups excluding carboxylic acids is 1. The second-order valence-corrected chi connectivity index (χ2v) is 7.36. The van der Waals surface area contributed by atoms with Crippen LogP contribution in [0.1, 0.15) is 37.8 Å². The number of likely N-dealkylation sites (tertiary alicyclic amines) is 2. The Morgan fingerprint density at radius 2 is 2.14 bits per heavy atom. The predicted octanol–water partition coefficient (Wildman–Crippen LogP) is 2.31. The van der Waals surface area contributed by atoms with E-state index in [0.29, 0.717) is 5.91 Å². The van der Waals surface area contributed by atoms with Gasteiger partial charge in [-0.2, -0.15) is 0 Å². The van der Waals surface area contributed by atoms with Crippen LogP contribution in [0.3, 0.4) is 0 Å². The fourth-order valence-electron chi connectivity index (χ4n) is 4.13. The summed E-state index contributed by atoms with van der Waals surface area (Å²) in [5.41, 5.74) is 1.01. The fraction of sp³-hybridized carbons (Fsp3) is 0.667. The summed E-state index contributed by atoms with van der Waals surface area (Å²) in [6, 6.07) is 6.07. The highest BCUT2D eigenvalue weighted by molar-refractivity contribution is 5.84. The van der Waals surface area contributed by atoms with E-state index in [2.05, 4.69) is 20.9 Å². The van der Waals surface area contributed by atoms with Crippen LogP contribution in [-0.4, -0.2) is 46.9 Å². The van der Waals surface area contributed by atoms with Crippen molar-refractivity contribution >= 4 is 5.91 Å². The summed E-state index contributed by atoms with van der Waals surface area (Å²) in [4.78, 5) is 22.0. The topological polar surface area (TPSA) is 36.4 Å². The lowest BCUT2D eigenvalue weighted by atomic mass is 9.78. The first kappa shape index (κ1) is 14.2. The molecule has 1 unspecified atom stereocenters. The van der Waals surface area contributed by atoms with Gasteiger partial charge >= 0.3 is 0 Å². The molecule has 3 heterocycles. The van der Waals surface area contributed by atoms with Crippen LogP contribution in [0.4, 0.5) is 0 Å². The van der Waals surface area contributed by atoms with Crippen molar-refractivity contribution in [2.45, 2.75) is 38.6 Å². The van der Waals surface area contributed by atoms with Gasteiger partial charge in [0.1, 0.15) is 0 Å². The first-order chi connectivity index (χ1) is 10.8. The zero-order valence-corrected chi connectivity index (χ0v) is 13.2. The smallest absolute Gasteiger partial charge is 0.230 e. The fourth-order valence-corrected chi connectivity index (χ4v) is 4.13. The zero-order valence-electron chi connectivity index (χ0n) is 13.2. The Labute approximate surface area is 132 Å². The number of nitrogens with zero attached hydrogens (tertiary/aromatic N) is 3. The summed E-state index contributed by atoms with van der Waals surface area (Å²) >= 11 is 0. The Kier molecular flexibility index (Phi) is 3.65. The molecule has 0 N–H and O–H groups in total. The van der Waals surface area contributed by atoms with Gasteiger partial charge in [0.05, 0.1) is 11.1 Å². The van der Waals surface area contributed by atoms with Gasteiger partial charge in [-0.1, -0.05) is 6.07 Å². The molecule has 1 spiro atoms. The van der Waals surface area contributed by atoms with Crippen molar-refractivity contribution in [3.8, 4) is 0 Å². The molecule has 2 aliphatic heterocycles. The maximum atomic E-state index is 13.0. The minimum absolute atomic E-state index is 0.0953. The van der Waals surface area contributed by atoms with E-state index < -0.39 is 0 Å². The lowest BCUT2D eigenvalue weighted by Crippen LogP contribution is -2.50. The lowest BCUT2D eigenvalue weighted by molar-refractivity contribution is -0.145. The number of aromatic nitrogens is 1. The average Bonchev–Trinajstić information content (AvgIpc) is 3.26. The molecule has 2 saturated heterocycles. The quantitative estimate of drug-likeness (QED) is 0.856. The van der Waals surface area contributed by atoms with Gasteiger partial charge in [-0.25, -0.2) is 0 Å². The van der Waals surface area contributed by atoms with Crippen LogP contribution in [0.25, 0.3) is 0 Å². The number of rotatable bonds is 4. The molecule has 4 heteroatoms. The largest absolute Gasteiger partial charge is 0.342 e. The SMILES string of the molecule is O=C1N(CC2CC2)CCCC12CCN(Cc1ccccn1)C2. The molecular formula is C18H25N3O. The maximum absolute atomic E-state index is 13.0. The molecular weight excluding hydrogens is 274 g/mol. The van der Waals surface area contributed by atoms with Crippen molar-refractivity contribution in [2.24, 2.45) is 11.3 Å². The van der Waals surface area contributed by atoms with Crippen molar-refractivity contribution in [3.05, 3.63) is 30.1 Å². The van der Waals surface area contributed by atoms with E-state index in [4.69, 9.17) is 0 Å². The number of pyridine rings is 1. The first-order valence-corrected chi connectivity index (χ1v) is 8.67. The van der Waals surface area contributed by atoms with Crippen LogP contribution in [0, 0.1) is 11.3 Å². The summed E-state index contributed by atoms with van der Waals surface area (Å²) in [5, 5.41) is 0. The van der Waals surface area contributed by atoms with Crippen LogP contribution in [0.15, 0.2) is 24.4 Å². The molecule has 22 heavy (non-hydrogen) atoms. The second-order valence-electron chi connectivity index (χ2n) is 7.36. The van der Waals surface area contributed by atoms with E-state index in [-0.39, 0.29) is 5.41 Å². The number of hydrogen-bond acceptors (Lipinski definition) is 3. The van der Waals surface area contributed by atoms with E-state index in [9.17, 15) is 4.79 Å². The molecule has 0 aromatic carbocycles. The van der Waals surface area contributed by atoms with E-state index in [0.717, 1.165) is 57.2 Å². The molecule has 1 saturated carbocycles. The summed E-state index contributed by atoms with van der Waals surface area (Å²) < 4.78 is 0. The molecule has 4 rings (SSSR count). The Morgan fingerprint density at radius 3 is 2.91 bits per heavy atom. The van der Waals surface area contributed by atoms with Crippen molar-refractivity contribution in [3.63, 3.8) is 0 Å². The van der Waals surface area contributed by atoms with Gasteiger partial charge in [0.2, 0.25) is 5.91 Å². The molecule has 1 atom stereocenters. The van der Waals surface area contributed by atoms with Crippen LogP contribution in [0.5, 0.6) is 0 Å². The third-order valence-corrected chi connectivity index (χ3v) is 5.54. The minimum atomic E-state index is -0.0953. The summed E-state index contributed by atoms with van der Waals surface area (Å²) in [6.07, 6.45) is 7.77. The molecule has 1 aromatic heterocycles. The van der Waals surface area contributed by atoms with Crippen molar-refractivity contribution in [1.29, 1.82) is 0 Å². The Balaban J connectivity index is 1.42. The Morgan fingerprint density at radius 1 is 1.23 bits per heavy atom. The maximum Gasteiger partial charge on any atom is 0.230 e. The third kappa shape index (κ3) is 2.76. The van der Waals surface area contributed by atoms with Crippen LogP contribution >= 0.6 is 0 Å². The highest BCUT2D eigenvalue weighted by atomic mass is 16.2. The highest BCUT2D eigenvalue weighted by Crippen LogP contribution is 2.41. The molecule has 1 aromatic rings. The normalized spacial score (nSPS) is 29.5. The molecule has 1 aliphatic carbocycles. The third-order valence-electron chi connectivity index (χ3n) is 5.54. The van der Waals surface area contributed by atoms with Gasteiger partial charge in [-0.15, -0.1) is 0 Å². The van der Waals surface area contributed by atoms with Crippen molar-refractivity contribution < 1.29 is 4.79 Å². The number of piperidine rings is 1. The van der Waals surface area contributed by atoms with Crippen molar-refractivity contribution in [2.75, 3.05) is 26.2 Å². The van der Waals surface area contributed by atoms with Gasteiger partial charge < -0.3 is 4.90 Å². The summed E-state index contributed by atoms with van der Waals surface area (Å²) in [5.74, 6) is 1.24. The van der Waals surface area contributed by atoms with Crippen molar-refractivity contribution in [1.82, 2.24) is 14.8 Å². The molecule has 3 aliphatic rings. The van der Waals surface area contributed by atoms with E-state index in [1.165, 1.54) is 19.3 Å². The molecule has 4 nitrogen and oxygen atoms in total. The number of carbonyl (C=O) groups is 1. The lowest BCUT2D eigenvalue weighted by Gasteiger charge is -2.39. The van der Waals surface area contributed by atoms with Crippen LogP contribution in [0.2, 0.25) is 0 Å². The number of hydrogen-bond donors (Lipinski definition) is 0. The van der Waals surface area contributed by atoms with E-state index >= 15 is 0 Å². The molecule has 118 valence electrons. The molecule has 0 radical (unpaired) electrons. The van der Waals surface area contributed by atoms with E-state index in [1.807, 2.05) is 18.3 Å². The van der Waals surface area contributed by atoms with E-state index in [1.54, 1.807) is 0 Å². The first-order valence-electron chi connectivity index (χ1n) is 8.67. The molecule has 0 bridgehead atoms. The Bertz CT molecular complexity index is 543. The van der Waals surface area contributed by atoms with Crippen LogP contribution in [-0.2, 0) is 11.3 Å². The minimum Gasteiger partial charge on any atom is -0.342 e.